The van der Waals surface area contributed by atoms with Crippen molar-refractivity contribution in [2.24, 2.45) is 5.16 Å². The Morgan fingerprint density at radius 3 is 2.79 bits per heavy atom. The van der Waals surface area contributed by atoms with Crippen LogP contribution >= 0.6 is 0 Å². The number of ether oxygens (including phenoxy) is 1. The van der Waals surface area contributed by atoms with Crippen LogP contribution in [0.1, 0.15) is 37.0 Å². The fourth-order valence-electron chi connectivity index (χ4n) is 3.38. The molecule has 0 fully saturated rings. The number of aromatic nitrogens is 2. The van der Waals surface area contributed by atoms with Crippen molar-refractivity contribution in [3.8, 4) is 34.7 Å². The second-order valence-corrected chi connectivity index (χ2v) is 6.79. The maximum atomic E-state index is 9.41. The maximum absolute atomic E-state index is 9.41. The van der Waals surface area contributed by atoms with Crippen LogP contribution < -0.4 is 4.74 Å². The molecular weight excluding hydrogens is 356 g/mol. The smallest absolute Gasteiger partial charge is 0.258 e. The Hall–Kier alpha value is -3.66. The van der Waals surface area contributed by atoms with Crippen LogP contribution in [0.15, 0.2) is 46.1 Å². The highest BCUT2D eigenvalue weighted by atomic mass is 16.5. The lowest BCUT2D eigenvalue weighted by Crippen LogP contribution is -2.06. The van der Waals surface area contributed by atoms with Crippen LogP contribution in [0, 0.1) is 11.3 Å². The van der Waals surface area contributed by atoms with Crippen LogP contribution in [-0.2, 0) is 6.42 Å². The lowest BCUT2D eigenvalue weighted by Gasteiger charge is -2.11. The van der Waals surface area contributed by atoms with Gasteiger partial charge in [-0.15, -0.1) is 0 Å². The molecule has 28 heavy (non-hydrogen) atoms. The van der Waals surface area contributed by atoms with E-state index >= 15 is 0 Å². The molecule has 1 aliphatic carbocycles. The summed E-state index contributed by atoms with van der Waals surface area (Å²) in [7, 11) is 0. The summed E-state index contributed by atoms with van der Waals surface area (Å²) >= 11 is 0. The normalized spacial score (nSPS) is 14.3. The minimum absolute atomic E-state index is 0.0273. The number of rotatable bonds is 4. The van der Waals surface area contributed by atoms with Gasteiger partial charge in [0.05, 0.1) is 17.4 Å². The van der Waals surface area contributed by atoms with E-state index in [2.05, 4.69) is 21.4 Å². The summed E-state index contributed by atoms with van der Waals surface area (Å²) in [6.45, 7) is 3.81. The number of hydrogen-bond acceptors (Lipinski definition) is 7. The molecule has 0 bridgehead atoms. The molecule has 140 valence electrons. The van der Waals surface area contributed by atoms with Crippen LogP contribution in [-0.4, -0.2) is 27.2 Å². The topological polar surface area (TPSA) is 105 Å². The Kier molecular flexibility index (Phi) is 4.53. The van der Waals surface area contributed by atoms with E-state index in [0.717, 1.165) is 23.1 Å². The largest absolute Gasteiger partial charge is 0.490 e. The molecule has 0 amide bonds. The lowest BCUT2D eigenvalue weighted by molar-refractivity contribution is 0.241. The molecule has 2 aromatic carbocycles. The number of fused-ring (bicyclic) bond motifs is 1. The van der Waals surface area contributed by atoms with Gasteiger partial charge in [-0.25, -0.2) is 0 Å². The van der Waals surface area contributed by atoms with Gasteiger partial charge >= 0.3 is 0 Å². The average Bonchev–Trinajstić information content (AvgIpc) is 3.34. The molecule has 7 nitrogen and oxygen atoms in total. The van der Waals surface area contributed by atoms with Crippen molar-refractivity contribution < 1.29 is 14.5 Å². The van der Waals surface area contributed by atoms with Gasteiger partial charge in [-0.1, -0.05) is 28.5 Å². The van der Waals surface area contributed by atoms with E-state index in [4.69, 9.17) is 14.5 Å². The first-order chi connectivity index (χ1) is 13.6. The standard InChI is InChI=1S/C21H18N4O3/c1-12(2)27-19-9-6-13(10-14(19)11-22)21-23-20(25-28-21)17-5-3-4-16-15(17)7-8-18(16)24-26/h3-6,9-10,12,26H,7-8H2,1-2H3/b24-18-. The molecule has 0 saturated heterocycles. The van der Waals surface area contributed by atoms with Gasteiger partial charge in [0.2, 0.25) is 5.82 Å². The summed E-state index contributed by atoms with van der Waals surface area (Å²) in [4.78, 5) is 4.51. The Labute approximate surface area is 161 Å². The highest BCUT2D eigenvalue weighted by Crippen LogP contribution is 2.33. The molecule has 0 saturated carbocycles. The molecule has 0 spiro atoms. The molecule has 0 aliphatic heterocycles. The summed E-state index contributed by atoms with van der Waals surface area (Å²) < 4.78 is 11.1. The van der Waals surface area contributed by atoms with Crippen molar-refractivity contribution in [3.05, 3.63) is 53.1 Å². The van der Waals surface area contributed by atoms with Crippen LogP contribution in [0.5, 0.6) is 5.75 Å². The molecule has 0 unspecified atom stereocenters. The Morgan fingerprint density at radius 1 is 1.21 bits per heavy atom. The molecular formula is C21H18N4O3. The zero-order chi connectivity index (χ0) is 19.7. The van der Waals surface area contributed by atoms with Gasteiger partial charge in [0, 0.05) is 16.7 Å². The minimum atomic E-state index is -0.0273. The molecule has 0 atom stereocenters. The van der Waals surface area contributed by atoms with Crippen LogP contribution in [0.4, 0.5) is 0 Å². The highest BCUT2D eigenvalue weighted by molar-refractivity contribution is 6.05. The second-order valence-electron chi connectivity index (χ2n) is 6.79. The van der Waals surface area contributed by atoms with Crippen LogP contribution in [0.25, 0.3) is 22.8 Å². The van der Waals surface area contributed by atoms with Gasteiger partial charge in [0.15, 0.2) is 0 Å². The first-order valence-electron chi connectivity index (χ1n) is 8.99. The SMILES string of the molecule is CC(C)Oc1ccc(-c2nc(-c3cccc4c3CC/C4=N/O)no2)cc1C#N. The van der Waals surface area contributed by atoms with Gasteiger partial charge in [0.1, 0.15) is 11.8 Å². The Morgan fingerprint density at radius 2 is 2.04 bits per heavy atom. The fourth-order valence-corrected chi connectivity index (χ4v) is 3.38. The first kappa shape index (κ1) is 17.7. The molecule has 1 N–H and O–H groups in total. The van der Waals surface area contributed by atoms with Gasteiger partial charge in [-0.2, -0.15) is 10.2 Å². The molecule has 1 heterocycles. The third-order valence-electron chi connectivity index (χ3n) is 4.60. The van der Waals surface area contributed by atoms with Crippen LogP contribution in [0.3, 0.4) is 0 Å². The lowest BCUT2D eigenvalue weighted by atomic mass is 10.0. The van der Waals surface area contributed by atoms with E-state index in [9.17, 15) is 5.26 Å². The van der Waals surface area contributed by atoms with E-state index in [0.29, 0.717) is 40.7 Å². The zero-order valence-corrected chi connectivity index (χ0v) is 15.5. The van der Waals surface area contributed by atoms with E-state index in [1.54, 1.807) is 18.2 Å². The van der Waals surface area contributed by atoms with Gasteiger partial charge in [-0.3, -0.25) is 0 Å². The average molecular weight is 374 g/mol. The molecule has 1 aliphatic rings. The molecule has 0 radical (unpaired) electrons. The van der Waals surface area contributed by atoms with Crippen molar-refractivity contribution in [2.45, 2.75) is 32.8 Å². The third kappa shape index (κ3) is 3.09. The predicted molar refractivity (Wildman–Crippen MR) is 102 cm³/mol. The van der Waals surface area contributed by atoms with E-state index in [-0.39, 0.29) is 6.10 Å². The zero-order valence-electron chi connectivity index (χ0n) is 15.5. The van der Waals surface area contributed by atoms with Crippen molar-refractivity contribution in [1.29, 1.82) is 5.26 Å². The number of nitrogens with zero attached hydrogens (tertiary/aromatic N) is 4. The van der Waals surface area contributed by atoms with Crippen molar-refractivity contribution in [2.75, 3.05) is 0 Å². The second kappa shape index (κ2) is 7.16. The van der Waals surface area contributed by atoms with Crippen molar-refractivity contribution in [1.82, 2.24) is 10.1 Å². The van der Waals surface area contributed by atoms with E-state index < -0.39 is 0 Å². The quantitative estimate of drug-likeness (QED) is 0.542. The molecule has 1 aromatic heterocycles. The van der Waals surface area contributed by atoms with Crippen LogP contribution in [0.2, 0.25) is 0 Å². The minimum Gasteiger partial charge on any atom is -0.490 e. The fraction of sp³-hybridized carbons (Fsp3) is 0.238. The van der Waals surface area contributed by atoms with E-state index in [1.807, 2.05) is 32.0 Å². The third-order valence-corrected chi connectivity index (χ3v) is 4.60. The molecule has 7 heteroatoms. The summed E-state index contributed by atoms with van der Waals surface area (Å²) in [6.07, 6.45) is 1.41. The monoisotopic (exact) mass is 374 g/mol. The van der Waals surface area contributed by atoms with Gasteiger partial charge < -0.3 is 14.5 Å². The number of hydrogen-bond donors (Lipinski definition) is 1. The number of benzene rings is 2. The Balaban J connectivity index is 1.70. The predicted octanol–water partition coefficient (Wildman–Crippen LogP) is 4.19. The summed E-state index contributed by atoms with van der Waals surface area (Å²) in [5.74, 6) is 1.32. The number of oxime groups is 1. The van der Waals surface area contributed by atoms with Gasteiger partial charge in [-0.05, 0) is 50.5 Å². The maximum Gasteiger partial charge on any atom is 0.258 e. The number of nitriles is 1. The summed E-state index contributed by atoms with van der Waals surface area (Å²) in [6, 6.07) is 13.1. The molecule has 4 rings (SSSR count). The highest BCUT2D eigenvalue weighted by Gasteiger charge is 2.24. The first-order valence-corrected chi connectivity index (χ1v) is 8.99. The van der Waals surface area contributed by atoms with E-state index in [1.165, 1.54) is 0 Å². The summed E-state index contributed by atoms with van der Waals surface area (Å²) in [5.41, 5.74) is 4.53. The van der Waals surface area contributed by atoms with Gasteiger partial charge in [0.25, 0.3) is 5.89 Å². The van der Waals surface area contributed by atoms with Crippen molar-refractivity contribution >= 4 is 5.71 Å². The molecule has 3 aromatic rings. The van der Waals surface area contributed by atoms with Crippen molar-refractivity contribution in [3.63, 3.8) is 0 Å². The summed E-state index contributed by atoms with van der Waals surface area (Å²) in [5, 5.41) is 26.1. The Bertz CT molecular complexity index is 1110.